The van der Waals surface area contributed by atoms with Crippen LogP contribution >= 0.6 is 11.6 Å². The molecule has 1 N–H and O–H groups in total. The van der Waals surface area contributed by atoms with Crippen molar-refractivity contribution in [3.63, 3.8) is 0 Å². The maximum atomic E-state index is 6.15. The molecule has 6 nitrogen and oxygen atoms in total. The Bertz CT molecular complexity index is 780. The zero-order chi connectivity index (χ0) is 15.5. The van der Waals surface area contributed by atoms with Crippen molar-refractivity contribution < 1.29 is 4.42 Å². The number of aromatic nitrogens is 4. The van der Waals surface area contributed by atoms with Crippen molar-refractivity contribution in [1.29, 1.82) is 0 Å². The number of anilines is 1. The summed E-state index contributed by atoms with van der Waals surface area (Å²) in [6, 6.07) is 9.74. The minimum atomic E-state index is 0.514. The lowest BCUT2D eigenvalue weighted by molar-refractivity contribution is 0.529. The topological polar surface area (TPSA) is 68.8 Å². The molecule has 7 heteroatoms. The number of rotatable bonds is 5. The zero-order valence-electron chi connectivity index (χ0n) is 12.4. The van der Waals surface area contributed by atoms with Crippen LogP contribution in [0, 0.1) is 6.92 Å². The lowest BCUT2D eigenvalue weighted by atomic mass is 10.1. The molecule has 1 aromatic carbocycles. The number of tetrazole rings is 1. The molecule has 22 heavy (non-hydrogen) atoms. The highest BCUT2D eigenvalue weighted by molar-refractivity contribution is 6.31. The molecule has 0 saturated heterocycles. The van der Waals surface area contributed by atoms with Gasteiger partial charge in [-0.3, -0.25) is 0 Å². The Balaban J connectivity index is 1.72. The molecule has 0 unspecified atom stereocenters. The number of nitrogens with one attached hydrogen (secondary N) is 1. The highest BCUT2D eigenvalue weighted by Crippen LogP contribution is 2.27. The third kappa shape index (κ3) is 2.96. The van der Waals surface area contributed by atoms with Gasteiger partial charge in [0.2, 0.25) is 5.95 Å². The minimum Gasteiger partial charge on any atom is -0.459 e. The fraction of sp³-hybridized carbons (Fsp3) is 0.267. The van der Waals surface area contributed by atoms with Crippen molar-refractivity contribution in [2.45, 2.75) is 26.9 Å². The maximum absolute atomic E-state index is 6.15. The van der Waals surface area contributed by atoms with Crippen LogP contribution in [0.25, 0.3) is 11.3 Å². The summed E-state index contributed by atoms with van der Waals surface area (Å²) in [6.45, 7) is 5.18. The van der Waals surface area contributed by atoms with Gasteiger partial charge in [0.25, 0.3) is 0 Å². The van der Waals surface area contributed by atoms with E-state index in [0.29, 0.717) is 19.0 Å². The van der Waals surface area contributed by atoms with E-state index in [-0.39, 0.29) is 0 Å². The first-order chi connectivity index (χ1) is 10.7. The van der Waals surface area contributed by atoms with Gasteiger partial charge < -0.3 is 9.73 Å². The highest BCUT2D eigenvalue weighted by atomic mass is 35.5. The van der Waals surface area contributed by atoms with Gasteiger partial charge in [-0.25, -0.2) is 4.68 Å². The van der Waals surface area contributed by atoms with Gasteiger partial charge in [-0.1, -0.05) is 28.8 Å². The summed E-state index contributed by atoms with van der Waals surface area (Å²) in [6.07, 6.45) is 0. The predicted octanol–water partition coefficient (Wildman–Crippen LogP) is 3.53. The van der Waals surface area contributed by atoms with E-state index in [4.69, 9.17) is 16.0 Å². The Labute approximate surface area is 133 Å². The van der Waals surface area contributed by atoms with Crippen molar-refractivity contribution in [3.8, 4) is 11.3 Å². The molecule has 0 aliphatic heterocycles. The number of nitrogens with zero attached hydrogens (tertiary/aromatic N) is 4. The summed E-state index contributed by atoms with van der Waals surface area (Å²) in [5.41, 5.74) is 2.01. The number of aryl methyl sites for hydroxylation is 2. The third-order valence-electron chi connectivity index (χ3n) is 3.37. The quantitative estimate of drug-likeness (QED) is 0.779. The van der Waals surface area contributed by atoms with E-state index in [0.717, 1.165) is 27.7 Å². The molecule has 0 saturated carbocycles. The van der Waals surface area contributed by atoms with E-state index in [1.165, 1.54) is 0 Å². The Morgan fingerprint density at radius 1 is 1.27 bits per heavy atom. The molecular weight excluding hydrogens is 302 g/mol. The number of halogens is 1. The fourth-order valence-electron chi connectivity index (χ4n) is 2.08. The Kier molecular flexibility index (Phi) is 4.11. The fourth-order valence-corrected chi connectivity index (χ4v) is 2.27. The molecule has 3 rings (SSSR count). The maximum Gasteiger partial charge on any atom is 0.243 e. The number of benzene rings is 1. The van der Waals surface area contributed by atoms with Crippen LogP contribution in [0.5, 0.6) is 0 Å². The molecule has 0 spiro atoms. The van der Waals surface area contributed by atoms with Gasteiger partial charge in [0.15, 0.2) is 0 Å². The van der Waals surface area contributed by atoms with Gasteiger partial charge in [0.05, 0.1) is 6.54 Å². The summed E-state index contributed by atoms with van der Waals surface area (Å²) >= 11 is 6.15. The zero-order valence-corrected chi connectivity index (χ0v) is 13.1. The van der Waals surface area contributed by atoms with E-state index in [1.54, 1.807) is 4.68 Å². The predicted molar refractivity (Wildman–Crippen MR) is 84.7 cm³/mol. The van der Waals surface area contributed by atoms with Crippen LogP contribution < -0.4 is 5.32 Å². The monoisotopic (exact) mass is 317 g/mol. The second kappa shape index (κ2) is 6.19. The van der Waals surface area contributed by atoms with E-state index < -0.39 is 0 Å². The van der Waals surface area contributed by atoms with E-state index in [9.17, 15) is 0 Å². The standard InChI is InChI=1S/C15H16ClN5O/c1-3-21-15(18-19-20-21)17-9-12-6-7-14(22-12)11-5-4-10(2)13(16)8-11/h4-8H,3,9H2,1-2H3,(H,17,18,20). The molecule has 0 bridgehead atoms. The molecule has 0 aliphatic carbocycles. The smallest absolute Gasteiger partial charge is 0.243 e. The summed E-state index contributed by atoms with van der Waals surface area (Å²) in [5.74, 6) is 2.21. The summed E-state index contributed by atoms with van der Waals surface area (Å²) < 4.78 is 7.52. The molecule has 0 amide bonds. The molecule has 114 valence electrons. The van der Waals surface area contributed by atoms with Crippen LogP contribution in [0.2, 0.25) is 5.02 Å². The van der Waals surface area contributed by atoms with Gasteiger partial charge in [0.1, 0.15) is 11.5 Å². The Hall–Kier alpha value is -2.34. The molecule has 2 aromatic heterocycles. The lowest BCUT2D eigenvalue weighted by Crippen LogP contribution is -2.07. The molecular formula is C15H16ClN5O. The average molecular weight is 318 g/mol. The molecule has 3 aromatic rings. The van der Waals surface area contributed by atoms with Crippen LogP contribution in [-0.4, -0.2) is 20.2 Å². The van der Waals surface area contributed by atoms with Crippen LogP contribution in [0.3, 0.4) is 0 Å². The van der Waals surface area contributed by atoms with Gasteiger partial charge in [-0.15, -0.1) is 0 Å². The van der Waals surface area contributed by atoms with E-state index in [2.05, 4.69) is 20.8 Å². The van der Waals surface area contributed by atoms with Crippen molar-refractivity contribution in [3.05, 3.63) is 46.7 Å². The normalized spacial score (nSPS) is 10.9. The van der Waals surface area contributed by atoms with Crippen LogP contribution in [0.15, 0.2) is 34.7 Å². The largest absolute Gasteiger partial charge is 0.459 e. The van der Waals surface area contributed by atoms with Crippen LogP contribution in [0.4, 0.5) is 5.95 Å². The van der Waals surface area contributed by atoms with E-state index >= 15 is 0 Å². The van der Waals surface area contributed by atoms with E-state index in [1.807, 2.05) is 44.2 Å². The second-order valence-corrected chi connectivity index (χ2v) is 5.31. The first-order valence-electron chi connectivity index (χ1n) is 7.02. The highest BCUT2D eigenvalue weighted by Gasteiger charge is 2.08. The van der Waals surface area contributed by atoms with Gasteiger partial charge >= 0.3 is 0 Å². The SMILES string of the molecule is CCn1nnnc1NCc1ccc(-c2ccc(C)c(Cl)c2)o1. The van der Waals surface area contributed by atoms with Crippen molar-refractivity contribution >= 4 is 17.5 Å². The van der Waals surface area contributed by atoms with Gasteiger partial charge in [-0.05, 0) is 48.0 Å². The molecule has 0 aliphatic rings. The summed E-state index contributed by atoms with van der Waals surface area (Å²) in [7, 11) is 0. The van der Waals surface area contributed by atoms with Crippen molar-refractivity contribution in [2.24, 2.45) is 0 Å². The van der Waals surface area contributed by atoms with Crippen molar-refractivity contribution in [1.82, 2.24) is 20.2 Å². The second-order valence-electron chi connectivity index (χ2n) is 4.90. The first kappa shape index (κ1) is 14.6. The summed E-state index contributed by atoms with van der Waals surface area (Å²) in [5, 5.41) is 15.3. The number of furan rings is 1. The lowest BCUT2D eigenvalue weighted by Gasteiger charge is -2.03. The molecule has 0 fully saturated rings. The van der Waals surface area contributed by atoms with Crippen LogP contribution in [-0.2, 0) is 13.1 Å². The third-order valence-corrected chi connectivity index (χ3v) is 3.78. The Morgan fingerprint density at radius 3 is 2.91 bits per heavy atom. The molecule has 0 radical (unpaired) electrons. The number of hydrogen-bond donors (Lipinski definition) is 1. The Morgan fingerprint density at radius 2 is 2.14 bits per heavy atom. The van der Waals surface area contributed by atoms with Crippen molar-refractivity contribution in [2.75, 3.05) is 5.32 Å². The van der Waals surface area contributed by atoms with Crippen LogP contribution in [0.1, 0.15) is 18.2 Å². The summed E-state index contributed by atoms with van der Waals surface area (Å²) in [4.78, 5) is 0. The van der Waals surface area contributed by atoms with Gasteiger partial charge in [0, 0.05) is 17.1 Å². The number of hydrogen-bond acceptors (Lipinski definition) is 5. The molecule has 2 heterocycles. The average Bonchev–Trinajstić information content (AvgIpc) is 3.16. The van der Waals surface area contributed by atoms with Gasteiger partial charge in [-0.2, -0.15) is 0 Å². The molecule has 0 atom stereocenters. The first-order valence-corrected chi connectivity index (χ1v) is 7.40. The minimum absolute atomic E-state index is 0.514.